The first-order chi connectivity index (χ1) is 18.0. The van der Waals surface area contributed by atoms with Crippen molar-refractivity contribution in [3.05, 3.63) is 95.8 Å². The van der Waals surface area contributed by atoms with Gasteiger partial charge in [-0.25, -0.2) is 12.8 Å². The minimum Gasteiger partial charge on any atom is -0.352 e. The number of aryl methyl sites for hydroxylation is 1. The summed E-state index contributed by atoms with van der Waals surface area (Å²) in [5, 5.41) is 2.90. The van der Waals surface area contributed by atoms with Gasteiger partial charge in [0.15, 0.2) is 0 Å². The zero-order valence-electron chi connectivity index (χ0n) is 22.1. The number of nitrogens with zero attached hydrogens (tertiary/aromatic N) is 2. The highest BCUT2D eigenvalue weighted by atomic mass is 32.2. The molecule has 38 heavy (non-hydrogen) atoms. The fraction of sp³-hybridized carbons (Fsp3) is 0.310. The lowest BCUT2D eigenvalue weighted by Crippen LogP contribution is -2.52. The van der Waals surface area contributed by atoms with Crippen LogP contribution in [0.3, 0.4) is 0 Å². The van der Waals surface area contributed by atoms with Gasteiger partial charge >= 0.3 is 0 Å². The highest BCUT2D eigenvalue weighted by Crippen LogP contribution is 2.25. The van der Waals surface area contributed by atoms with Gasteiger partial charge in [-0.2, -0.15) is 0 Å². The molecule has 3 aromatic rings. The van der Waals surface area contributed by atoms with Gasteiger partial charge in [0.1, 0.15) is 18.4 Å². The molecule has 0 spiro atoms. The van der Waals surface area contributed by atoms with Crippen LogP contribution in [0.2, 0.25) is 0 Å². The summed E-state index contributed by atoms with van der Waals surface area (Å²) in [7, 11) is -4.18. The maximum atomic E-state index is 13.8. The molecule has 0 saturated carbocycles. The van der Waals surface area contributed by atoms with E-state index in [2.05, 4.69) is 5.32 Å². The topological polar surface area (TPSA) is 86.8 Å². The molecule has 2 atom stereocenters. The lowest BCUT2D eigenvalue weighted by molar-refractivity contribution is -0.139. The van der Waals surface area contributed by atoms with E-state index in [1.165, 1.54) is 29.2 Å². The van der Waals surface area contributed by atoms with E-state index in [4.69, 9.17) is 0 Å². The van der Waals surface area contributed by atoms with Crippen molar-refractivity contribution in [3.8, 4) is 0 Å². The summed E-state index contributed by atoms with van der Waals surface area (Å²) >= 11 is 0. The number of hydrogen-bond acceptors (Lipinski definition) is 4. The molecule has 0 saturated heterocycles. The van der Waals surface area contributed by atoms with E-state index in [9.17, 15) is 22.4 Å². The van der Waals surface area contributed by atoms with Gasteiger partial charge in [0.25, 0.3) is 10.0 Å². The molecule has 0 aliphatic rings. The van der Waals surface area contributed by atoms with Crippen LogP contribution in [0.5, 0.6) is 0 Å². The van der Waals surface area contributed by atoms with E-state index >= 15 is 0 Å². The van der Waals surface area contributed by atoms with Gasteiger partial charge in [-0.1, -0.05) is 55.0 Å². The van der Waals surface area contributed by atoms with Crippen LogP contribution in [0.4, 0.5) is 10.1 Å². The molecule has 0 heterocycles. The molecule has 0 radical (unpaired) electrons. The molecule has 0 aliphatic heterocycles. The van der Waals surface area contributed by atoms with Gasteiger partial charge in [-0.05, 0) is 69.2 Å². The monoisotopic (exact) mass is 539 g/mol. The van der Waals surface area contributed by atoms with Crippen molar-refractivity contribution >= 4 is 27.5 Å². The number of halogens is 1. The summed E-state index contributed by atoms with van der Waals surface area (Å²) in [5.41, 5.74) is 1.93. The number of amides is 2. The molecule has 3 rings (SSSR count). The van der Waals surface area contributed by atoms with Crippen LogP contribution in [-0.4, -0.2) is 43.8 Å². The Morgan fingerprint density at radius 3 is 2.21 bits per heavy atom. The largest absolute Gasteiger partial charge is 0.352 e. The Bertz CT molecular complexity index is 1350. The molecular weight excluding hydrogens is 505 g/mol. The molecule has 2 amide bonds. The standard InChI is InChI=1S/C29H34FN3O4S/c1-5-22(3)31-29(35)23(4)32(19-24-11-9-10-21(2)18-24)28(34)20-33(26-16-14-25(30)15-17-26)38(36,37)27-12-7-6-8-13-27/h6-18,22-23H,5,19-20H2,1-4H3,(H,31,35)/t22-,23-/m1/s1. The second kappa shape index (κ2) is 12.7. The molecule has 1 N–H and O–H groups in total. The number of carbonyl (C=O) groups excluding carboxylic acids is 2. The molecule has 3 aromatic carbocycles. The van der Waals surface area contributed by atoms with Crippen molar-refractivity contribution in [3.63, 3.8) is 0 Å². The average Bonchev–Trinajstić information content (AvgIpc) is 2.90. The molecule has 0 aromatic heterocycles. The average molecular weight is 540 g/mol. The second-order valence-corrected chi connectivity index (χ2v) is 11.2. The molecule has 0 fully saturated rings. The highest BCUT2D eigenvalue weighted by molar-refractivity contribution is 7.92. The molecular formula is C29H34FN3O4S. The lowest BCUT2D eigenvalue weighted by Gasteiger charge is -2.32. The first-order valence-electron chi connectivity index (χ1n) is 12.5. The normalized spacial score (nSPS) is 12.9. The number of rotatable bonds is 11. The van der Waals surface area contributed by atoms with Crippen LogP contribution in [-0.2, 0) is 26.2 Å². The first-order valence-corrected chi connectivity index (χ1v) is 14.0. The van der Waals surface area contributed by atoms with Crippen molar-refractivity contribution in [2.45, 2.75) is 57.6 Å². The Morgan fingerprint density at radius 1 is 0.947 bits per heavy atom. The lowest BCUT2D eigenvalue weighted by atomic mass is 10.1. The summed E-state index contributed by atoms with van der Waals surface area (Å²) in [4.78, 5) is 28.2. The Balaban J connectivity index is 2.01. The highest BCUT2D eigenvalue weighted by Gasteiger charge is 2.32. The summed E-state index contributed by atoms with van der Waals surface area (Å²) in [6, 6.07) is 19.2. The molecule has 7 nitrogen and oxygen atoms in total. The van der Waals surface area contributed by atoms with Crippen molar-refractivity contribution in [2.75, 3.05) is 10.8 Å². The summed E-state index contributed by atoms with van der Waals surface area (Å²) in [6.07, 6.45) is 0.720. The number of nitrogens with one attached hydrogen (secondary N) is 1. The van der Waals surface area contributed by atoms with Gasteiger partial charge in [0.05, 0.1) is 10.6 Å². The number of anilines is 1. The molecule has 9 heteroatoms. The van der Waals surface area contributed by atoms with Crippen LogP contribution in [0.1, 0.15) is 38.3 Å². The molecule has 0 bridgehead atoms. The number of hydrogen-bond donors (Lipinski definition) is 1. The van der Waals surface area contributed by atoms with Crippen molar-refractivity contribution in [2.24, 2.45) is 0 Å². The fourth-order valence-electron chi connectivity index (χ4n) is 3.91. The second-order valence-electron chi connectivity index (χ2n) is 9.31. The van der Waals surface area contributed by atoms with E-state index in [1.54, 1.807) is 25.1 Å². The Kier molecular flexibility index (Phi) is 9.63. The van der Waals surface area contributed by atoms with E-state index in [-0.39, 0.29) is 29.1 Å². The van der Waals surface area contributed by atoms with Gasteiger partial charge in [0.2, 0.25) is 11.8 Å². The summed E-state index contributed by atoms with van der Waals surface area (Å²) in [6.45, 7) is 6.91. The third-order valence-electron chi connectivity index (χ3n) is 6.33. The smallest absolute Gasteiger partial charge is 0.264 e. The Hall–Kier alpha value is -3.72. The van der Waals surface area contributed by atoms with E-state index < -0.39 is 34.3 Å². The SMILES string of the molecule is CC[C@@H](C)NC(=O)[C@@H](C)N(Cc1cccc(C)c1)C(=O)CN(c1ccc(F)cc1)S(=O)(=O)c1ccccc1. The first kappa shape index (κ1) is 28.8. The number of carbonyl (C=O) groups is 2. The zero-order valence-corrected chi connectivity index (χ0v) is 22.9. The quantitative estimate of drug-likeness (QED) is 0.384. The molecule has 0 aliphatic carbocycles. The van der Waals surface area contributed by atoms with Crippen LogP contribution in [0.15, 0.2) is 83.8 Å². The predicted octanol–water partition coefficient (Wildman–Crippen LogP) is 4.66. The predicted molar refractivity (Wildman–Crippen MR) is 146 cm³/mol. The van der Waals surface area contributed by atoms with Gasteiger partial charge < -0.3 is 10.2 Å². The Morgan fingerprint density at radius 2 is 1.61 bits per heavy atom. The summed E-state index contributed by atoms with van der Waals surface area (Å²) < 4.78 is 41.9. The van der Waals surface area contributed by atoms with Crippen molar-refractivity contribution in [1.29, 1.82) is 0 Å². The van der Waals surface area contributed by atoms with Crippen molar-refractivity contribution < 1.29 is 22.4 Å². The minimum atomic E-state index is -4.18. The van der Waals surface area contributed by atoms with Crippen LogP contribution < -0.4 is 9.62 Å². The van der Waals surface area contributed by atoms with E-state index in [1.807, 2.05) is 45.0 Å². The van der Waals surface area contributed by atoms with Crippen LogP contribution in [0, 0.1) is 12.7 Å². The molecule has 202 valence electrons. The van der Waals surface area contributed by atoms with Gasteiger partial charge in [-0.3, -0.25) is 13.9 Å². The van der Waals surface area contributed by atoms with E-state index in [0.29, 0.717) is 0 Å². The zero-order chi connectivity index (χ0) is 27.9. The molecule has 0 unspecified atom stereocenters. The summed E-state index contributed by atoms with van der Waals surface area (Å²) in [5.74, 6) is -1.43. The van der Waals surface area contributed by atoms with Gasteiger partial charge in [0, 0.05) is 12.6 Å². The third kappa shape index (κ3) is 7.19. The maximum Gasteiger partial charge on any atom is 0.264 e. The van der Waals surface area contributed by atoms with Crippen LogP contribution in [0.25, 0.3) is 0 Å². The van der Waals surface area contributed by atoms with Crippen molar-refractivity contribution in [1.82, 2.24) is 10.2 Å². The number of benzene rings is 3. The Labute approximate surface area is 224 Å². The van der Waals surface area contributed by atoms with Gasteiger partial charge in [-0.15, -0.1) is 0 Å². The minimum absolute atomic E-state index is 0.00933. The van der Waals surface area contributed by atoms with Crippen LogP contribution >= 0.6 is 0 Å². The fourth-order valence-corrected chi connectivity index (χ4v) is 5.35. The number of sulfonamides is 1. The third-order valence-corrected chi connectivity index (χ3v) is 8.12. The maximum absolute atomic E-state index is 13.8. The van der Waals surface area contributed by atoms with E-state index in [0.717, 1.165) is 34.0 Å².